The minimum atomic E-state index is -0.667. The lowest BCUT2D eigenvalue weighted by Gasteiger charge is -2.10. The number of methoxy groups -OCH3 is 2. The Morgan fingerprint density at radius 3 is 2.37 bits per heavy atom. The Kier molecular flexibility index (Phi) is 6.49. The fourth-order valence-electron chi connectivity index (χ4n) is 2.61. The Hall–Kier alpha value is -4.07. The van der Waals surface area contributed by atoms with Crippen molar-refractivity contribution in [3.05, 3.63) is 77.7 Å². The molecule has 0 aliphatic carbocycles. The van der Waals surface area contributed by atoms with Crippen LogP contribution in [-0.2, 0) is 4.74 Å². The number of ketones is 1. The van der Waals surface area contributed by atoms with E-state index in [-0.39, 0.29) is 16.9 Å². The quantitative estimate of drug-likeness (QED) is 0.448. The summed E-state index contributed by atoms with van der Waals surface area (Å²) in [6, 6.07) is 13.9. The van der Waals surface area contributed by atoms with Crippen molar-refractivity contribution in [2.75, 3.05) is 26.1 Å². The van der Waals surface area contributed by atoms with Gasteiger partial charge >= 0.3 is 5.97 Å². The zero-order valence-electron chi connectivity index (χ0n) is 16.3. The predicted molar refractivity (Wildman–Crippen MR) is 107 cm³/mol. The summed E-state index contributed by atoms with van der Waals surface area (Å²) in [5, 5.41) is 2.64. The maximum Gasteiger partial charge on any atom is 0.338 e. The van der Waals surface area contributed by atoms with Gasteiger partial charge in [0.05, 0.1) is 31.6 Å². The molecule has 1 amide bonds. The summed E-state index contributed by atoms with van der Waals surface area (Å²) in [6.07, 6.45) is 1.40. The van der Waals surface area contributed by atoms with Crippen LogP contribution in [0.5, 0.6) is 11.5 Å². The van der Waals surface area contributed by atoms with E-state index in [0.29, 0.717) is 17.2 Å². The standard InChI is InChI=1S/C22H19NO7/c1-27-16-9-10-17(20(12-16)28-2)18(24)13-30-22(26)14-5-7-15(8-6-14)23-21(25)19-4-3-11-29-19/h3-12H,13H2,1-2H3,(H,23,25). The maximum absolute atomic E-state index is 12.4. The van der Waals surface area contributed by atoms with Gasteiger partial charge in [-0.3, -0.25) is 9.59 Å². The van der Waals surface area contributed by atoms with Gasteiger partial charge in [0.2, 0.25) is 5.78 Å². The molecule has 0 fully saturated rings. The van der Waals surface area contributed by atoms with E-state index in [1.165, 1.54) is 38.7 Å². The van der Waals surface area contributed by atoms with Crippen LogP contribution in [0.1, 0.15) is 31.3 Å². The lowest BCUT2D eigenvalue weighted by atomic mass is 10.1. The van der Waals surface area contributed by atoms with Crippen LogP contribution in [0.25, 0.3) is 0 Å². The summed E-state index contributed by atoms with van der Waals surface area (Å²) in [6.45, 7) is -0.446. The number of benzene rings is 2. The van der Waals surface area contributed by atoms with Crippen LogP contribution in [0.4, 0.5) is 5.69 Å². The van der Waals surface area contributed by atoms with Crippen molar-refractivity contribution >= 4 is 23.3 Å². The van der Waals surface area contributed by atoms with Gasteiger partial charge < -0.3 is 23.9 Å². The van der Waals surface area contributed by atoms with Gasteiger partial charge in [0.15, 0.2) is 12.4 Å². The molecular weight excluding hydrogens is 390 g/mol. The third kappa shape index (κ3) is 4.85. The number of esters is 1. The number of carbonyl (C=O) groups excluding carboxylic acids is 3. The molecule has 2 aromatic carbocycles. The number of Topliss-reactive ketones (excluding diaryl/α,β-unsaturated/α-hetero) is 1. The summed E-state index contributed by atoms with van der Waals surface area (Å²) >= 11 is 0. The largest absolute Gasteiger partial charge is 0.497 e. The fourth-order valence-corrected chi connectivity index (χ4v) is 2.61. The first-order valence-electron chi connectivity index (χ1n) is 8.89. The average Bonchev–Trinajstić information content (AvgIpc) is 3.32. The fraction of sp³-hybridized carbons (Fsp3) is 0.136. The summed E-state index contributed by atoms with van der Waals surface area (Å²) < 4.78 is 20.4. The molecule has 30 heavy (non-hydrogen) atoms. The first-order valence-corrected chi connectivity index (χ1v) is 8.89. The van der Waals surface area contributed by atoms with Crippen molar-refractivity contribution in [2.45, 2.75) is 0 Å². The van der Waals surface area contributed by atoms with Crippen molar-refractivity contribution in [3.63, 3.8) is 0 Å². The molecule has 0 radical (unpaired) electrons. The zero-order chi connectivity index (χ0) is 21.5. The Bertz CT molecular complexity index is 1040. The van der Waals surface area contributed by atoms with E-state index < -0.39 is 24.3 Å². The van der Waals surface area contributed by atoms with Gasteiger partial charge in [-0.25, -0.2) is 4.79 Å². The van der Waals surface area contributed by atoms with Gasteiger partial charge in [-0.1, -0.05) is 0 Å². The average molecular weight is 409 g/mol. The van der Waals surface area contributed by atoms with Gasteiger partial charge in [0, 0.05) is 11.8 Å². The van der Waals surface area contributed by atoms with Crippen LogP contribution in [0.3, 0.4) is 0 Å². The second-order valence-corrected chi connectivity index (χ2v) is 6.07. The van der Waals surface area contributed by atoms with Crippen molar-refractivity contribution < 1.29 is 33.0 Å². The number of anilines is 1. The van der Waals surface area contributed by atoms with Crippen molar-refractivity contribution in [1.29, 1.82) is 0 Å². The number of rotatable bonds is 8. The molecule has 8 nitrogen and oxygen atoms in total. The number of amides is 1. The van der Waals surface area contributed by atoms with Crippen LogP contribution in [-0.4, -0.2) is 38.5 Å². The van der Waals surface area contributed by atoms with E-state index in [1.807, 2.05) is 0 Å². The van der Waals surface area contributed by atoms with Gasteiger partial charge in [-0.15, -0.1) is 0 Å². The van der Waals surface area contributed by atoms with E-state index in [0.717, 1.165) is 0 Å². The van der Waals surface area contributed by atoms with Crippen molar-refractivity contribution in [1.82, 2.24) is 0 Å². The van der Waals surface area contributed by atoms with E-state index in [4.69, 9.17) is 18.6 Å². The van der Waals surface area contributed by atoms with Crippen LogP contribution in [0.2, 0.25) is 0 Å². The van der Waals surface area contributed by atoms with Gasteiger partial charge in [0.25, 0.3) is 5.91 Å². The molecule has 3 aromatic rings. The maximum atomic E-state index is 12.4. The summed E-state index contributed by atoms with van der Waals surface area (Å²) in [5.74, 6) is -0.447. The summed E-state index contributed by atoms with van der Waals surface area (Å²) in [7, 11) is 2.94. The lowest BCUT2D eigenvalue weighted by Crippen LogP contribution is -2.15. The zero-order valence-corrected chi connectivity index (χ0v) is 16.3. The van der Waals surface area contributed by atoms with Gasteiger partial charge in [-0.2, -0.15) is 0 Å². The Morgan fingerprint density at radius 1 is 0.967 bits per heavy atom. The van der Waals surface area contributed by atoms with Crippen LogP contribution in [0, 0.1) is 0 Å². The number of furan rings is 1. The molecule has 0 unspecified atom stereocenters. The van der Waals surface area contributed by atoms with Gasteiger partial charge in [-0.05, 0) is 48.5 Å². The molecule has 154 valence electrons. The number of hydrogen-bond acceptors (Lipinski definition) is 7. The topological polar surface area (TPSA) is 104 Å². The monoisotopic (exact) mass is 409 g/mol. The number of hydrogen-bond donors (Lipinski definition) is 1. The van der Waals surface area contributed by atoms with Crippen molar-refractivity contribution in [3.8, 4) is 11.5 Å². The number of ether oxygens (including phenoxy) is 3. The normalized spacial score (nSPS) is 10.2. The third-order valence-corrected chi connectivity index (χ3v) is 4.17. The third-order valence-electron chi connectivity index (χ3n) is 4.17. The first kappa shape index (κ1) is 20.7. The highest BCUT2D eigenvalue weighted by molar-refractivity contribution is 6.03. The SMILES string of the molecule is COc1ccc(C(=O)COC(=O)c2ccc(NC(=O)c3ccco3)cc2)c(OC)c1. The Balaban J connectivity index is 1.58. The smallest absolute Gasteiger partial charge is 0.338 e. The number of nitrogens with one attached hydrogen (secondary N) is 1. The van der Waals surface area contributed by atoms with E-state index in [9.17, 15) is 14.4 Å². The van der Waals surface area contributed by atoms with E-state index in [2.05, 4.69) is 5.32 Å². The van der Waals surface area contributed by atoms with E-state index >= 15 is 0 Å². The van der Waals surface area contributed by atoms with Gasteiger partial charge in [0.1, 0.15) is 11.5 Å². The molecular formula is C22H19NO7. The highest BCUT2D eigenvalue weighted by Gasteiger charge is 2.17. The summed E-state index contributed by atoms with van der Waals surface area (Å²) in [4.78, 5) is 36.6. The lowest BCUT2D eigenvalue weighted by molar-refractivity contribution is 0.0474. The van der Waals surface area contributed by atoms with Crippen LogP contribution in [0.15, 0.2) is 65.3 Å². The second kappa shape index (κ2) is 9.42. The molecule has 0 saturated carbocycles. The molecule has 0 saturated heterocycles. The Morgan fingerprint density at radius 2 is 1.73 bits per heavy atom. The molecule has 0 aliphatic heterocycles. The first-order chi connectivity index (χ1) is 14.5. The second-order valence-electron chi connectivity index (χ2n) is 6.07. The molecule has 1 heterocycles. The predicted octanol–water partition coefficient (Wildman–Crippen LogP) is 3.59. The minimum Gasteiger partial charge on any atom is -0.497 e. The molecule has 0 bridgehead atoms. The molecule has 0 atom stereocenters. The van der Waals surface area contributed by atoms with Crippen LogP contribution >= 0.6 is 0 Å². The Labute approximate surface area is 172 Å². The summed E-state index contributed by atoms with van der Waals surface area (Å²) in [5.41, 5.74) is 0.995. The minimum absolute atomic E-state index is 0.172. The highest BCUT2D eigenvalue weighted by Crippen LogP contribution is 2.25. The van der Waals surface area contributed by atoms with Crippen molar-refractivity contribution in [2.24, 2.45) is 0 Å². The molecule has 0 aliphatic rings. The molecule has 1 aromatic heterocycles. The van der Waals surface area contributed by atoms with E-state index in [1.54, 1.807) is 36.4 Å². The number of carbonyl (C=O) groups is 3. The molecule has 8 heteroatoms. The van der Waals surface area contributed by atoms with Crippen LogP contribution < -0.4 is 14.8 Å². The molecule has 0 spiro atoms. The highest BCUT2D eigenvalue weighted by atomic mass is 16.5. The molecule has 1 N–H and O–H groups in total. The molecule has 3 rings (SSSR count).